The molecule has 0 aliphatic heterocycles. The number of nitrogens with one attached hydrogen (secondary N) is 1. The Kier molecular flexibility index (Phi) is 8.70. The summed E-state index contributed by atoms with van der Waals surface area (Å²) >= 11 is 5.93. The molecule has 0 fully saturated rings. The van der Waals surface area contributed by atoms with Crippen LogP contribution < -0.4 is 5.32 Å². The molecule has 1 rings (SSSR count). The number of halogens is 1. The summed E-state index contributed by atoms with van der Waals surface area (Å²) in [7, 11) is 0. The molecule has 1 N–H and O–H groups in total. The molecule has 0 unspecified atom stereocenters. The zero-order valence-corrected chi connectivity index (χ0v) is 15.0. The molecule has 0 aliphatic rings. The van der Waals surface area contributed by atoms with Crippen molar-refractivity contribution < 1.29 is 9.59 Å². The maximum absolute atomic E-state index is 11.9. The minimum absolute atomic E-state index is 0.0252. The Morgan fingerprint density at radius 3 is 2.61 bits per heavy atom. The number of carbonyl (C=O) groups is 2. The van der Waals surface area contributed by atoms with Gasteiger partial charge in [-0.1, -0.05) is 37.6 Å². The predicted molar refractivity (Wildman–Crippen MR) is 94.5 cm³/mol. The molecule has 5 heteroatoms. The van der Waals surface area contributed by atoms with E-state index < -0.39 is 0 Å². The highest BCUT2D eigenvalue weighted by molar-refractivity contribution is 6.30. The van der Waals surface area contributed by atoms with Gasteiger partial charge in [0, 0.05) is 38.0 Å². The first kappa shape index (κ1) is 19.5. The second-order valence-corrected chi connectivity index (χ2v) is 6.60. The van der Waals surface area contributed by atoms with Gasteiger partial charge in [0.1, 0.15) is 0 Å². The highest BCUT2D eigenvalue weighted by Gasteiger charge is 2.11. The fourth-order valence-electron chi connectivity index (χ4n) is 2.20. The van der Waals surface area contributed by atoms with Crippen molar-refractivity contribution in [3.63, 3.8) is 0 Å². The van der Waals surface area contributed by atoms with Crippen molar-refractivity contribution in [1.29, 1.82) is 0 Å². The number of amides is 2. The van der Waals surface area contributed by atoms with Crippen LogP contribution in [0, 0.1) is 5.92 Å². The molecule has 128 valence electrons. The zero-order valence-electron chi connectivity index (χ0n) is 14.3. The SMILES string of the molecule is CC(=O)N(CCC(=O)NCCc1cccc(Cl)c1)CCC(C)C. The van der Waals surface area contributed by atoms with Crippen LogP contribution >= 0.6 is 11.6 Å². The molecular formula is C18H27ClN2O2. The number of hydrogen-bond donors (Lipinski definition) is 1. The third-order valence-corrected chi connectivity index (χ3v) is 3.89. The van der Waals surface area contributed by atoms with Gasteiger partial charge >= 0.3 is 0 Å². The highest BCUT2D eigenvalue weighted by atomic mass is 35.5. The summed E-state index contributed by atoms with van der Waals surface area (Å²) in [6.45, 7) is 7.57. The van der Waals surface area contributed by atoms with E-state index in [2.05, 4.69) is 19.2 Å². The Bertz CT molecular complexity index is 517. The first-order valence-corrected chi connectivity index (χ1v) is 8.53. The van der Waals surface area contributed by atoms with E-state index in [0.717, 1.165) is 18.4 Å². The van der Waals surface area contributed by atoms with Gasteiger partial charge in [0.15, 0.2) is 0 Å². The lowest BCUT2D eigenvalue weighted by Crippen LogP contribution is -2.35. The molecule has 2 amide bonds. The third kappa shape index (κ3) is 8.60. The van der Waals surface area contributed by atoms with Crippen molar-refractivity contribution >= 4 is 23.4 Å². The maximum atomic E-state index is 11.9. The molecule has 0 radical (unpaired) electrons. The summed E-state index contributed by atoms with van der Waals surface area (Å²) in [5.41, 5.74) is 1.10. The van der Waals surface area contributed by atoms with Gasteiger partial charge in [0.25, 0.3) is 0 Å². The van der Waals surface area contributed by atoms with Crippen LogP contribution in [-0.4, -0.2) is 36.3 Å². The van der Waals surface area contributed by atoms with Crippen LogP contribution in [0.3, 0.4) is 0 Å². The van der Waals surface area contributed by atoms with Crippen LogP contribution in [0.2, 0.25) is 5.02 Å². The average Bonchev–Trinajstić information content (AvgIpc) is 2.46. The molecule has 0 atom stereocenters. The summed E-state index contributed by atoms with van der Waals surface area (Å²) in [6.07, 6.45) is 2.04. The van der Waals surface area contributed by atoms with Gasteiger partial charge < -0.3 is 10.2 Å². The van der Waals surface area contributed by atoms with Crippen molar-refractivity contribution in [1.82, 2.24) is 10.2 Å². The lowest BCUT2D eigenvalue weighted by atomic mass is 10.1. The lowest BCUT2D eigenvalue weighted by molar-refractivity contribution is -0.129. The lowest BCUT2D eigenvalue weighted by Gasteiger charge is -2.21. The first-order valence-electron chi connectivity index (χ1n) is 8.15. The van der Waals surface area contributed by atoms with E-state index >= 15 is 0 Å². The Morgan fingerprint density at radius 1 is 1.26 bits per heavy atom. The van der Waals surface area contributed by atoms with Crippen molar-refractivity contribution in [3.8, 4) is 0 Å². The van der Waals surface area contributed by atoms with Crippen LogP contribution in [-0.2, 0) is 16.0 Å². The molecule has 23 heavy (non-hydrogen) atoms. The summed E-state index contributed by atoms with van der Waals surface area (Å²) in [6, 6.07) is 7.62. The summed E-state index contributed by atoms with van der Waals surface area (Å²) in [5.74, 6) is 0.545. The minimum Gasteiger partial charge on any atom is -0.356 e. The first-order chi connectivity index (χ1) is 10.9. The molecular weight excluding hydrogens is 312 g/mol. The number of benzene rings is 1. The Labute approximate surface area is 144 Å². The molecule has 0 spiro atoms. The van der Waals surface area contributed by atoms with E-state index in [0.29, 0.717) is 37.0 Å². The van der Waals surface area contributed by atoms with Crippen molar-refractivity contribution in [3.05, 3.63) is 34.9 Å². The van der Waals surface area contributed by atoms with Gasteiger partial charge in [-0.25, -0.2) is 0 Å². The van der Waals surface area contributed by atoms with Crippen LogP contribution in [0.4, 0.5) is 0 Å². The number of rotatable bonds is 9. The fourth-order valence-corrected chi connectivity index (χ4v) is 2.42. The Morgan fingerprint density at radius 2 is 2.00 bits per heavy atom. The second-order valence-electron chi connectivity index (χ2n) is 6.17. The molecule has 0 aliphatic carbocycles. The smallest absolute Gasteiger partial charge is 0.221 e. The average molecular weight is 339 g/mol. The molecule has 4 nitrogen and oxygen atoms in total. The van der Waals surface area contributed by atoms with Crippen LogP contribution in [0.5, 0.6) is 0 Å². The van der Waals surface area contributed by atoms with Crippen LogP contribution in [0.1, 0.15) is 39.2 Å². The Balaban J connectivity index is 2.28. The standard InChI is InChI=1S/C18H27ClN2O2/c1-14(2)8-11-21(15(3)22)12-9-18(23)20-10-7-16-5-4-6-17(19)13-16/h4-6,13-14H,7-12H2,1-3H3,(H,20,23). The topological polar surface area (TPSA) is 49.4 Å². The number of hydrogen-bond acceptors (Lipinski definition) is 2. The van der Waals surface area contributed by atoms with E-state index in [-0.39, 0.29) is 11.8 Å². The van der Waals surface area contributed by atoms with Gasteiger partial charge in [-0.05, 0) is 36.5 Å². The second kappa shape index (κ2) is 10.3. The van der Waals surface area contributed by atoms with E-state index in [9.17, 15) is 9.59 Å². The normalized spacial score (nSPS) is 10.7. The monoisotopic (exact) mass is 338 g/mol. The van der Waals surface area contributed by atoms with Crippen molar-refractivity contribution in [2.45, 2.75) is 40.0 Å². The maximum Gasteiger partial charge on any atom is 0.221 e. The third-order valence-electron chi connectivity index (χ3n) is 3.66. The van der Waals surface area contributed by atoms with Crippen molar-refractivity contribution in [2.75, 3.05) is 19.6 Å². The minimum atomic E-state index is -0.0252. The summed E-state index contributed by atoms with van der Waals surface area (Å²) in [5, 5.41) is 3.59. The fraction of sp³-hybridized carbons (Fsp3) is 0.556. The largest absolute Gasteiger partial charge is 0.356 e. The number of carbonyl (C=O) groups excluding carboxylic acids is 2. The predicted octanol–water partition coefficient (Wildman–Crippen LogP) is 3.28. The molecule has 0 saturated heterocycles. The van der Waals surface area contributed by atoms with Gasteiger partial charge in [-0.2, -0.15) is 0 Å². The van der Waals surface area contributed by atoms with Gasteiger partial charge in [0.2, 0.25) is 11.8 Å². The summed E-state index contributed by atoms with van der Waals surface area (Å²) in [4.78, 5) is 25.2. The molecule has 0 saturated carbocycles. The van der Waals surface area contributed by atoms with E-state index in [1.165, 1.54) is 0 Å². The molecule has 0 bridgehead atoms. The molecule has 1 aromatic rings. The van der Waals surface area contributed by atoms with E-state index in [4.69, 9.17) is 11.6 Å². The Hall–Kier alpha value is -1.55. The van der Waals surface area contributed by atoms with Crippen LogP contribution in [0.15, 0.2) is 24.3 Å². The summed E-state index contributed by atoms with van der Waals surface area (Å²) < 4.78 is 0. The molecule has 0 heterocycles. The van der Waals surface area contributed by atoms with Gasteiger partial charge in [-0.15, -0.1) is 0 Å². The zero-order chi connectivity index (χ0) is 17.2. The highest BCUT2D eigenvalue weighted by Crippen LogP contribution is 2.10. The van der Waals surface area contributed by atoms with Crippen LogP contribution in [0.25, 0.3) is 0 Å². The molecule has 0 aromatic heterocycles. The van der Waals surface area contributed by atoms with Gasteiger partial charge in [0.05, 0.1) is 0 Å². The van der Waals surface area contributed by atoms with Crippen molar-refractivity contribution in [2.24, 2.45) is 5.92 Å². The molecule has 1 aromatic carbocycles. The van der Waals surface area contributed by atoms with Gasteiger partial charge in [-0.3, -0.25) is 9.59 Å². The quantitative estimate of drug-likeness (QED) is 0.751. The number of nitrogens with zero attached hydrogens (tertiary/aromatic N) is 1. The van der Waals surface area contributed by atoms with E-state index in [1.54, 1.807) is 11.8 Å². The van der Waals surface area contributed by atoms with E-state index in [1.807, 2.05) is 24.3 Å².